The Morgan fingerprint density at radius 1 is 1.33 bits per heavy atom. The lowest BCUT2D eigenvalue weighted by molar-refractivity contribution is 0.322. The lowest BCUT2D eigenvalue weighted by Gasteiger charge is -2.14. The van der Waals surface area contributed by atoms with Crippen molar-refractivity contribution in [3.63, 3.8) is 0 Å². The number of rotatable bonds is 2. The number of hydrogen-bond acceptors (Lipinski definition) is 1. The zero-order valence-corrected chi connectivity index (χ0v) is 9.61. The highest BCUT2D eigenvalue weighted by Crippen LogP contribution is 2.23. The van der Waals surface area contributed by atoms with E-state index in [0.717, 1.165) is 19.0 Å². The van der Waals surface area contributed by atoms with E-state index in [1.807, 2.05) is 0 Å². The van der Waals surface area contributed by atoms with Gasteiger partial charge in [0.25, 0.3) is 0 Å². The average molecular weight is 201 g/mol. The molecule has 0 spiro atoms. The minimum Gasteiger partial charge on any atom is -0.295 e. The van der Waals surface area contributed by atoms with Crippen LogP contribution in [0.4, 0.5) is 0 Å². The van der Waals surface area contributed by atoms with E-state index >= 15 is 0 Å². The molecule has 1 heterocycles. The molecular formula is C14H19N. The second-order valence-corrected chi connectivity index (χ2v) is 4.42. The van der Waals surface area contributed by atoms with Gasteiger partial charge in [0.05, 0.1) is 0 Å². The van der Waals surface area contributed by atoms with E-state index < -0.39 is 0 Å². The van der Waals surface area contributed by atoms with Gasteiger partial charge in [-0.3, -0.25) is 4.90 Å². The number of hydrogen-bond donors (Lipinski definition) is 0. The van der Waals surface area contributed by atoms with Crippen molar-refractivity contribution in [2.45, 2.75) is 20.4 Å². The lowest BCUT2D eigenvalue weighted by Crippen LogP contribution is -2.19. The van der Waals surface area contributed by atoms with E-state index in [4.69, 9.17) is 0 Å². The van der Waals surface area contributed by atoms with Crippen LogP contribution >= 0.6 is 0 Å². The first kappa shape index (κ1) is 10.4. The molecule has 1 aromatic carbocycles. The first-order chi connectivity index (χ1) is 7.29. The third-order valence-electron chi connectivity index (χ3n) is 3.19. The highest BCUT2D eigenvalue weighted by atomic mass is 15.1. The Bertz CT molecular complexity index is 340. The normalized spacial score (nSPS) is 24.9. The SMILES string of the molecule is C/C=C1\CN(Cc2ccccc2)CC1C. The van der Waals surface area contributed by atoms with Gasteiger partial charge >= 0.3 is 0 Å². The zero-order chi connectivity index (χ0) is 10.7. The van der Waals surface area contributed by atoms with Gasteiger partial charge in [0.2, 0.25) is 0 Å². The Morgan fingerprint density at radius 2 is 2.07 bits per heavy atom. The number of benzene rings is 1. The molecule has 1 aliphatic heterocycles. The molecule has 1 saturated heterocycles. The van der Waals surface area contributed by atoms with Gasteiger partial charge in [-0.1, -0.05) is 48.9 Å². The molecule has 0 aromatic heterocycles. The average Bonchev–Trinajstić information content (AvgIpc) is 2.60. The van der Waals surface area contributed by atoms with Crippen molar-refractivity contribution in [1.29, 1.82) is 0 Å². The number of likely N-dealkylation sites (tertiary alicyclic amines) is 1. The molecule has 1 aliphatic rings. The standard InChI is InChI=1S/C14H19N/c1-3-14-11-15(9-12(14)2)10-13-7-5-4-6-8-13/h3-8,12H,9-11H2,1-2H3/b14-3+. The van der Waals surface area contributed by atoms with Crippen LogP contribution in [0.5, 0.6) is 0 Å². The molecule has 15 heavy (non-hydrogen) atoms. The van der Waals surface area contributed by atoms with Crippen molar-refractivity contribution >= 4 is 0 Å². The Kier molecular flexibility index (Phi) is 3.22. The van der Waals surface area contributed by atoms with Gasteiger partial charge in [-0.2, -0.15) is 0 Å². The van der Waals surface area contributed by atoms with Crippen LogP contribution in [0.3, 0.4) is 0 Å². The van der Waals surface area contributed by atoms with Crippen LogP contribution < -0.4 is 0 Å². The van der Waals surface area contributed by atoms with Crippen LogP contribution in [0.1, 0.15) is 19.4 Å². The third kappa shape index (κ3) is 2.48. The van der Waals surface area contributed by atoms with Crippen molar-refractivity contribution in [3.8, 4) is 0 Å². The third-order valence-corrected chi connectivity index (χ3v) is 3.19. The minimum absolute atomic E-state index is 0.735. The van der Waals surface area contributed by atoms with Crippen molar-refractivity contribution in [2.24, 2.45) is 5.92 Å². The summed E-state index contributed by atoms with van der Waals surface area (Å²) in [6, 6.07) is 10.7. The molecule has 80 valence electrons. The van der Waals surface area contributed by atoms with Gasteiger partial charge in [0.15, 0.2) is 0 Å². The predicted molar refractivity (Wildman–Crippen MR) is 64.6 cm³/mol. The van der Waals surface area contributed by atoms with Crippen LogP contribution in [-0.2, 0) is 6.54 Å². The Balaban J connectivity index is 1.98. The Hall–Kier alpha value is -1.08. The molecule has 0 saturated carbocycles. The largest absolute Gasteiger partial charge is 0.295 e. The van der Waals surface area contributed by atoms with E-state index in [-0.39, 0.29) is 0 Å². The van der Waals surface area contributed by atoms with Crippen molar-refractivity contribution in [1.82, 2.24) is 4.90 Å². The van der Waals surface area contributed by atoms with Crippen LogP contribution in [0, 0.1) is 5.92 Å². The molecule has 0 N–H and O–H groups in total. The summed E-state index contributed by atoms with van der Waals surface area (Å²) in [5.74, 6) is 0.735. The van der Waals surface area contributed by atoms with Crippen LogP contribution in [0.25, 0.3) is 0 Å². The van der Waals surface area contributed by atoms with Gasteiger partial charge in [0.1, 0.15) is 0 Å². The Morgan fingerprint density at radius 3 is 2.67 bits per heavy atom. The molecule has 1 nitrogen and oxygen atoms in total. The predicted octanol–water partition coefficient (Wildman–Crippen LogP) is 3.08. The maximum absolute atomic E-state index is 2.52. The van der Waals surface area contributed by atoms with E-state index in [9.17, 15) is 0 Å². The first-order valence-electron chi connectivity index (χ1n) is 5.71. The summed E-state index contributed by atoms with van der Waals surface area (Å²) in [6.45, 7) is 7.90. The molecule has 0 amide bonds. The Labute approximate surface area is 92.4 Å². The molecule has 0 bridgehead atoms. The molecule has 1 unspecified atom stereocenters. The van der Waals surface area contributed by atoms with Crippen LogP contribution in [0.15, 0.2) is 42.0 Å². The fourth-order valence-corrected chi connectivity index (χ4v) is 2.32. The van der Waals surface area contributed by atoms with Gasteiger partial charge in [-0.05, 0) is 18.4 Å². The van der Waals surface area contributed by atoms with Gasteiger partial charge in [-0.15, -0.1) is 0 Å². The van der Waals surface area contributed by atoms with Crippen LogP contribution in [-0.4, -0.2) is 18.0 Å². The maximum Gasteiger partial charge on any atom is 0.0237 e. The smallest absolute Gasteiger partial charge is 0.0237 e. The van der Waals surface area contributed by atoms with Crippen LogP contribution in [0.2, 0.25) is 0 Å². The summed E-state index contributed by atoms with van der Waals surface area (Å²) in [4.78, 5) is 2.52. The summed E-state index contributed by atoms with van der Waals surface area (Å²) in [5, 5.41) is 0. The van der Waals surface area contributed by atoms with E-state index in [2.05, 4.69) is 55.2 Å². The molecule has 2 rings (SSSR count). The molecule has 1 fully saturated rings. The fourth-order valence-electron chi connectivity index (χ4n) is 2.32. The fraction of sp³-hybridized carbons (Fsp3) is 0.429. The van der Waals surface area contributed by atoms with Gasteiger partial charge in [-0.25, -0.2) is 0 Å². The second kappa shape index (κ2) is 4.63. The summed E-state index contributed by atoms with van der Waals surface area (Å²) in [5.41, 5.74) is 3.01. The molecule has 1 aromatic rings. The molecule has 1 heteroatoms. The highest BCUT2D eigenvalue weighted by molar-refractivity contribution is 5.17. The second-order valence-electron chi connectivity index (χ2n) is 4.42. The number of allylic oxidation sites excluding steroid dienone is 1. The highest BCUT2D eigenvalue weighted by Gasteiger charge is 2.22. The zero-order valence-electron chi connectivity index (χ0n) is 9.61. The van der Waals surface area contributed by atoms with Gasteiger partial charge < -0.3 is 0 Å². The lowest BCUT2D eigenvalue weighted by atomic mass is 10.1. The topological polar surface area (TPSA) is 3.24 Å². The van der Waals surface area contributed by atoms with E-state index in [1.54, 1.807) is 5.57 Å². The number of nitrogens with zero attached hydrogens (tertiary/aromatic N) is 1. The first-order valence-corrected chi connectivity index (χ1v) is 5.71. The maximum atomic E-state index is 2.52. The van der Waals surface area contributed by atoms with E-state index in [0.29, 0.717) is 0 Å². The summed E-state index contributed by atoms with van der Waals surface area (Å²) in [7, 11) is 0. The summed E-state index contributed by atoms with van der Waals surface area (Å²) >= 11 is 0. The molecular weight excluding hydrogens is 182 g/mol. The quantitative estimate of drug-likeness (QED) is 0.665. The van der Waals surface area contributed by atoms with E-state index in [1.165, 1.54) is 12.1 Å². The summed E-state index contributed by atoms with van der Waals surface area (Å²) < 4.78 is 0. The monoisotopic (exact) mass is 201 g/mol. The van der Waals surface area contributed by atoms with Gasteiger partial charge in [0, 0.05) is 19.6 Å². The molecule has 0 aliphatic carbocycles. The summed E-state index contributed by atoms with van der Waals surface area (Å²) in [6.07, 6.45) is 2.27. The molecule has 1 atom stereocenters. The van der Waals surface area contributed by atoms with Crippen molar-refractivity contribution in [3.05, 3.63) is 47.5 Å². The van der Waals surface area contributed by atoms with Crippen molar-refractivity contribution < 1.29 is 0 Å². The van der Waals surface area contributed by atoms with Crippen molar-refractivity contribution in [2.75, 3.05) is 13.1 Å². The minimum atomic E-state index is 0.735. The molecule has 0 radical (unpaired) electrons.